The smallest absolute Gasteiger partial charge is 0.396 e. The van der Waals surface area contributed by atoms with Crippen molar-refractivity contribution in [1.82, 2.24) is 0 Å². The summed E-state index contributed by atoms with van der Waals surface area (Å²) in [5.74, 6) is -2.26. The average Bonchev–Trinajstić information content (AvgIpc) is 1.97. The number of alkyl halides is 3. The molecule has 2 N–H and O–H groups in total. The first kappa shape index (κ1) is 11.1. The second-order valence-electron chi connectivity index (χ2n) is 2.35. The molecule has 14 heavy (non-hydrogen) atoms. The molecule has 7 heteroatoms. The van der Waals surface area contributed by atoms with Gasteiger partial charge < -0.3 is 5.73 Å². The Labute approximate surface area is 80.1 Å². The van der Waals surface area contributed by atoms with Crippen molar-refractivity contribution in [3.63, 3.8) is 0 Å². The zero-order valence-corrected chi connectivity index (χ0v) is 7.35. The van der Waals surface area contributed by atoms with Crippen molar-refractivity contribution in [2.45, 2.75) is 10.4 Å². The van der Waals surface area contributed by atoms with E-state index in [4.69, 9.17) is 5.73 Å². The summed E-state index contributed by atoms with van der Waals surface area (Å²) in [7, 11) is 0. The van der Waals surface area contributed by atoms with E-state index in [1.807, 2.05) is 0 Å². The Kier molecular flexibility index (Phi) is 2.89. The summed E-state index contributed by atoms with van der Waals surface area (Å²) in [4.78, 5) is -0.829. The van der Waals surface area contributed by atoms with E-state index >= 15 is 0 Å². The first-order chi connectivity index (χ1) is 6.29. The number of hydrogen-bond acceptors (Lipinski definition) is 2. The molecule has 0 amide bonds. The Balaban J connectivity index is 3.04. The fraction of sp³-hybridized carbons (Fsp3) is 0.143. The molecular formula is C7H4F5NS. The van der Waals surface area contributed by atoms with Gasteiger partial charge in [-0.15, -0.1) is 0 Å². The quantitative estimate of drug-likeness (QED) is 0.454. The van der Waals surface area contributed by atoms with Crippen molar-refractivity contribution in [2.75, 3.05) is 5.73 Å². The van der Waals surface area contributed by atoms with Crippen LogP contribution >= 0.6 is 11.8 Å². The number of halogens is 5. The van der Waals surface area contributed by atoms with Gasteiger partial charge in [0.2, 0.25) is 0 Å². The Hall–Kier alpha value is -0.980. The molecule has 0 saturated carbocycles. The Bertz CT molecular complexity index is 349. The van der Waals surface area contributed by atoms with Gasteiger partial charge in [-0.3, -0.25) is 0 Å². The lowest BCUT2D eigenvalue weighted by Crippen LogP contribution is -2.02. The van der Waals surface area contributed by atoms with Crippen LogP contribution in [0.15, 0.2) is 17.0 Å². The van der Waals surface area contributed by atoms with E-state index in [9.17, 15) is 22.0 Å². The predicted octanol–water partition coefficient (Wildman–Crippen LogP) is 3.16. The highest BCUT2D eigenvalue weighted by Crippen LogP contribution is 2.38. The molecule has 1 rings (SSSR count). The first-order valence-electron chi connectivity index (χ1n) is 3.30. The molecule has 1 aromatic carbocycles. The molecule has 0 aromatic heterocycles. The van der Waals surface area contributed by atoms with E-state index < -0.39 is 39.5 Å². The zero-order valence-electron chi connectivity index (χ0n) is 6.53. The van der Waals surface area contributed by atoms with Crippen molar-refractivity contribution in [1.29, 1.82) is 0 Å². The van der Waals surface area contributed by atoms with Gasteiger partial charge in [0, 0.05) is 6.07 Å². The summed E-state index contributed by atoms with van der Waals surface area (Å²) in [5, 5.41) is 0. The number of thioether (sulfide) groups is 1. The van der Waals surface area contributed by atoms with Crippen molar-refractivity contribution in [3.8, 4) is 0 Å². The largest absolute Gasteiger partial charge is 0.446 e. The fourth-order valence-corrected chi connectivity index (χ4v) is 1.32. The third-order valence-corrected chi connectivity index (χ3v) is 2.04. The highest BCUT2D eigenvalue weighted by Gasteiger charge is 2.31. The Morgan fingerprint density at radius 3 is 2.14 bits per heavy atom. The minimum atomic E-state index is -4.65. The zero-order chi connectivity index (χ0) is 10.9. The van der Waals surface area contributed by atoms with Gasteiger partial charge in [0.15, 0.2) is 0 Å². The van der Waals surface area contributed by atoms with Crippen LogP contribution in [0.4, 0.5) is 27.6 Å². The van der Waals surface area contributed by atoms with Gasteiger partial charge in [-0.1, -0.05) is 0 Å². The summed E-state index contributed by atoms with van der Waals surface area (Å²) < 4.78 is 60.8. The van der Waals surface area contributed by atoms with Crippen LogP contribution in [0.25, 0.3) is 0 Å². The molecule has 1 nitrogen and oxygen atoms in total. The van der Waals surface area contributed by atoms with Gasteiger partial charge in [-0.05, 0) is 17.8 Å². The molecule has 78 valence electrons. The number of rotatable bonds is 1. The van der Waals surface area contributed by atoms with E-state index in [0.717, 1.165) is 0 Å². The van der Waals surface area contributed by atoms with Crippen LogP contribution in [0.3, 0.4) is 0 Å². The lowest BCUT2D eigenvalue weighted by Gasteiger charge is -2.07. The molecule has 1 aromatic rings. The predicted molar refractivity (Wildman–Crippen MR) is 42.7 cm³/mol. The maximum Gasteiger partial charge on any atom is 0.446 e. The van der Waals surface area contributed by atoms with Gasteiger partial charge in [0.05, 0.1) is 10.6 Å². The average molecular weight is 229 g/mol. The number of benzene rings is 1. The van der Waals surface area contributed by atoms with Crippen LogP contribution in [-0.4, -0.2) is 5.51 Å². The van der Waals surface area contributed by atoms with Crippen molar-refractivity contribution >= 4 is 17.4 Å². The van der Waals surface area contributed by atoms with Gasteiger partial charge in [0.25, 0.3) is 0 Å². The van der Waals surface area contributed by atoms with Crippen LogP contribution in [0, 0.1) is 11.6 Å². The highest BCUT2D eigenvalue weighted by atomic mass is 32.2. The SMILES string of the molecule is Nc1cc(F)c(SC(F)(F)F)cc1F. The molecule has 0 bridgehead atoms. The minimum absolute atomic E-state index is 0.419. The molecule has 0 aliphatic heterocycles. The maximum absolute atomic E-state index is 12.8. The van der Waals surface area contributed by atoms with Crippen LogP contribution < -0.4 is 5.73 Å². The molecule has 0 aliphatic carbocycles. The lowest BCUT2D eigenvalue weighted by molar-refractivity contribution is -0.0329. The lowest BCUT2D eigenvalue weighted by atomic mass is 10.3. The fourth-order valence-electron chi connectivity index (χ4n) is 0.747. The van der Waals surface area contributed by atoms with Gasteiger partial charge >= 0.3 is 5.51 Å². The number of nitrogen functional groups attached to an aromatic ring is 1. The normalized spacial score (nSPS) is 11.8. The molecular weight excluding hydrogens is 225 g/mol. The van der Waals surface area contributed by atoms with E-state index in [1.165, 1.54) is 0 Å². The highest BCUT2D eigenvalue weighted by molar-refractivity contribution is 8.00. The second-order valence-corrected chi connectivity index (χ2v) is 3.46. The summed E-state index contributed by atoms with van der Waals surface area (Å²) >= 11 is -0.720. The van der Waals surface area contributed by atoms with Gasteiger partial charge in [0.1, 0.15) is 11.6 Å². The summed E-state index contributed by atoms with van der Waals surface area (Å²) in [6, 6.07) is 0.937. The van der Waals surface area contributed by atoms with Crippen LogP contribution in [0.2, 0.25) is 0 Å². The number of anilines is 1. The van der Waals surface area contributed by atoms with Crippen LogP contribution in [-0.2, 0) is 0 Å². The van der Waals surface area contributed by atoms with Crippen molar-refractivity contribution in [2.24, 2.45) is 0 Å². The summed E-state index contributed by atoms with van der Waals surface area (Å²) in [6.45, 7) is 0. The van der Waals surface area contributed by atoms with Crippen LogP contribution in [0.1, 0.15) is 0 Å². The second kappa shape index (κ2) is 3.64. The first-order valence-corrected chi connectivity index (χ1v) is 4.11. The van der Waals surface area contributed by atoms with E-state index in [1.54, 1.807) is 0 Å². The van der Waals surface area contributed by atoms with Crippen molar-refractivity contribution < 1.29 is 22.0 Å². The number of hydrogen-bond donors (Lipinski definition) is 1. The van der Waals surface area contributed by atoms with Crippen LogP contribution in [0.5, 0.6) is 0 Å². The topological polar surface area (TPSA) is 26.0 Å². The van der Waals surface area contributed by atoms with Gasteiger partial charge in [-0.25, -0.2) is 8.78 Å². The van der Waals surface area contributed by atoms with E-state index in [2.05, 4.69) is 0 Å². The standard InChI is InChI=1S/C7H4F5NS/c8-3-2-6(14-7(10,11)12)4(9)1-5(3)13/h1-2H,13H2. The minimum Gasteiger partial charge on any atom is -0.396 e. The summed E-state index contributed by atoms with van der Waals surface area (Å²) in [5.41, 5.74) is -0.221. The molecule has 0 aliphatic rings. The monoisotopic (exact) mass is 229 g/mol. The molecule has 0 unspecified atom stereocenters. The van der Waals surface area contributed by atoms with E-state index in [-0.39, 0.29) is 0 Å². The third-order valence-electron chi connectivity index (χ3n) is 1.28. The van der Waals surface area contributed by atoms with Crippen molar-refractivity contribution in [3.05, 3.63) is 23.8 Å². The number of nitrogens with two attached hydrogens (primary N) is 1. The molecule has 0 fully saturated rings. The molecule has 0 atom stereocenters. The Morgan fingerprint density at radius 2 is 1.64 bits per heavy atom. The Morgan fingerprint density at radius 1 is 1.07 bits per heavy atom. The van der Waals surface area contributed by atoms with E-state index in [0.29, 0.717) is 12.1 Å². The maximum atomic E-state index is 12.8. The summed E-state index contributed by atoms with van der Waals surface area (Å²) in [6.07, 6.45) is 0. The third kappa shape index (κ3) is 2.76. The molecule has 0 saturated heterocycles. The van der Waals surface area contributed by atoms with Gasteiger partial charge in [-0.2, -0.15) is 13.2 Å². The molecule has 0 spiro atoms. The molecule has 0 heterocycles. The molecule has 0 radical (unpaired) electrons.